The number of hydrogen-bond acceptors (Lipinski definition) is 8. The third-order valence-corrected chi connectivity index (χ3v) is 5.85. The Labute approximate surface area is 149 Å². The summed E-state index contributed by atoms with van der Waals surface area (Å²) in [5.74, 6) is 1.20. The van der Waals surface area contributed by atoms with Crippen LogP contribution in [0.1, 0.15) is 16.9 Å². The molecule has 0 aliphatic carbocycles. The van der Waals surface area contributed by atoms with Crippen LogP contribution in [0.15, 0.2) is 30.5 Å². The predicted octanol–water partition coefficient (Wildman–Crippen LogP) is 1.06. The first-order valence-corrected chi connectivity index (χ1v) is 9.82. The molecule has 3 heterocycles. The molecule has 1 atom stereocenters. The minimum Gasteiger partial charge on any atom is -0.454 e. The Morgan fingerprint density at radius 1 is 1.19 bits per heavy atom. The number of anilines is 2. The molecule has 2 aliphatic rings. The molecule has 0 bridgehead atoms. The van der Waals surface area contributed by atoms with E-state index in [1.54, 1.807) is 18.2 Å². The fourth-order valence-electron chi connectivity index (χ4n) is 2.82. The Morgan fingerprint density at radius 3 is 2.85 bits per heavy atom. The third-order valence-electron chi connectivity index (χ3n) is 4.08. The molecule has 136 valence electrons. The van der Waals surface area contributed by atoms with Gasteiger partial charge in [0.1, 0.15) is 5.69 Å². The number of carbonyl (C=O) groups is 1. The molecular weight excluding hydrogens is 360 g/mol. The van der Waals surface area contributed by atoms with Crippen LogP contribution in [0, 0.1) is 0 Å². The number of fused-ring (bicyclic) bond motifs is 1. The van der Waals surface area contributed by atoms with Gasteiger partial charge in [-0.1, -0.05) is 0 Å². The summed E-state index contributed by atoms with van der Waals surface area (Å²) in [4.78, 5) is 20.6. The topological polar surface area (TPSA) is 120 Å². The Balaban J connectivity index is 1.45. The van der Waals surface area contributed by atoms with E-state index in [-0.39, 0.29) is 36.0 Å². The normalized spacial score (nSPS) is 19.9. The number of sulfone groups is 1. The van der Waals surface area contributed by atoms with Crippen molar-refractivity contribution in [1.82, 2.24) is 9.97 Å². The van der Waals surface area contributed by atoms with E-state index in [2.05, 4.69) is 20.6 Å². The molecule has 2 aromatic rings. The summed E-state index contributed by atoms with van der Waals surface area (Å²) < 4.78 is 33.6. The molecule has 26 heavy (non-hydrogen) atoms. The van der Waals surface area contributed by atoms with Gasteiger partial charge < -0.3 is 20.1 Å². The number of aromatic nitrogens is 2. The Hall–Kier alpha value is -2.88. The SMILES string of the molecule is O=C(Nc1ccc2c(c1)OCO2)c1ccnc(NC2CCS(=O)(=O)C2)n1. The summed E-state index contributed by atoms with van der Waals surface area (Å²) in [7, 11) is -3.01. The molecule has 4 rings (SSSR count). The van der Waals surface area contributed by atoms with Gasteiger partial charge in [-0.25, -0.2) is 18.4 Å². The molecule has 10 heteroatoms. The lowest BCUT2D eigenvalue weighted by atomic mass is 10.2. The van der Waals surface area contributed by atoms with Crippen molar-refractivity contribution in [3.63, 3.8) is 0 Å². The molecule has 0 saturated carbocycles. The second kappa shape index (κ2) is 6.45. The van der Waals surface area contributed by atoms with Gasteiger partial charge in [-0.15, -0.1) is 0 Å². The number of ether oxygens (including phenoxy) is 2. The first kappa shape index (κ1) is 16.6. The van der Waals surface area contributed by atoms with E-state index >= 15 is 0 Å². The molecule has 2 N–H and O–H groups in total. The average molecular weight is 376 g/mol. The fourth-order valence-corrected chi connectivity index (χ4v) is 4.49. The van der Waals surface area contributed by atoms with Crippen LogP contribution in [-0.2, 0) is 9.84 Å². The molecular formula is C16H16N4O5S. The standard InChI is InChI=1S/C16H16N4O5S/c21-15(18-10-1-2-13-14(7-10)25-9-24-13)12-3-5-17-16(20-12)19-11-4-6-26(22,23)8-11/h1-3,5,7,11H,4,6,8-9H2,(H,18,21)(H,17,19,20). The van der Waals surface area contributed by atoms with E-state index in [0.29, 0.717) is 23.6 Å². The van der Waals surface area contributed by atoms with Crippen molar-refractivity contribution in [2.45, 2.75) is 12.5 Å². The molecule has 1 fully saturated rings. The summed E-state index contributed by atoms with van der Waals surface area (Å²) in [6.45, 7) is 0.157. The lowest BCUT2D eigenvalue weighted by Gasteiger charge is -2.11. The molecule has 1 amide bonds. The van der Waals surface area contributed by atoms with Crippen LogP contribution in [0.2, 0.25) is 0 Å². The summed E-state index contributed by atoms with van der Waals surface area (Å²) >= 11 is 0. The van der Waals surface area contributed by atoms with Crippen molar-refractivity contribution in [3.8, 4) is 11.5 Å². The predicted molar refractivity (Wildman–Crippen MR) is 93.2 cm³/mol. The molecule has 0 spiro atoms. The zero-order chi connectivity index (χ0) is 18.1. The van der Waals surface area contributed by atoms with E-state index in [4.69, 9.17) is 9.47 Å². The van der Waals surface area contributed by atoms with Gasteiger partial charge in [-0.3, -0.25) is 4.79 Å². The summed E-state index contributed by atoms with van der Waals surface area (Å²) in [6.07, 6.45) is 1.95. The van der Waals surface area contributed by atoms with Crippen LogP contribution in [-0.4, -0.2) is 48.6 Å². The van der Waals surface area contributed by atoms with Gasteiger partial charge in [0, 0.05) is 24.0 Å². The van der Waals surface area contributed by atoms with Crippen molar-refractivity contribution in [1.29, 1.82) is 0 Å². The molecule has 1 saturated heterocycles. The number of nitrogens with one attached hydrogen (secondary N) is 2. The third kappa shape index (κ3) is 3.54. The zero-order valence-corrected chi connectivity index (χ0v) is 14.5. The number of amides is 1. The molecule has 9 nitrogen and oxygen atoms in total. The van der Waals surface area contributed by atoms with Gasteiger partial charge in [-0.2, -0.15) is 0 Å². The highest BCUT2D eigenvalue weighted by atomic mass is 32.2. The van der Waals surface area contributed by atoms with E-state index in [9.17, 15) is 13.2 Å². The number of carbonyl (C=O) groups excluding carboxylic acids is 1. The Bertz CT molecular complexity index is 963. The number of benzene rings is 1. The van der Waals surface area contributed by atoms with Crippen molar-refractivity contribution < 1.29 is 22.7 Å². The number of rotatable bonds is 4. The van der Waals surface area contributed by atoms with Gasteiger partial charge in [0.25, 0.3) is 5.91 Å². The van der Waals surface area contributed by atoms with Gasteiger partial charge in [0.15, 0.2) is 21.3 Å². The minimum absolute atomic E-state index is 0.0456. The van der Waals surface area contributed by atoms with Gasteiger partial charge in [0.2, 0.25) is 12.7 Å². The highest BCUT2D eigenvalue weighted by Crippen LogP contribution is 2.34. The van der Waals surface area contributed by atoms with E-state index in [1.165, 1.54) is 12.3 Å². The molecule has 1 aromatic carbocycles. The van der Waals surface area contributed by atoms with Crippen LogP contribution in [0.3, 0.4) is 0 Å². The summed E-state index contributed by atoms with van der Waals surface area (Å²) in [5, 5.41) is 5.71. The van der Waals surface area contributed by atoms with E-state index in [0.717, 1.165) is 0 Å². The summed E-state index contributed by atoms with van der Waals surface area (Å²) in [6, 6.07) is 6.33. The zero-order valence-electron chi connectivity index (χ0n) is 13.6. The van der Waals surface area contributed by atoms with Crippen molar-refractivity contribution in [3.05, 3.63) is 36.2 Å². The van der Waals surface area contributed by atoms with Gasteiger partial charge in [-0.05, 0) is 24.6 Å². The number of hydrogen-bond donors (Lipinski definition) is 2. The van der Waals surface area contributed by atoms with E-state index < -0.39 is 15.7 Å². The second-order valence-corrected chi connectivity index (χ2v) is 8.26. The van der Waals surface area contributed by atoms with E-state index in [1.807, 2.05) is 0 Å². The average Bonchev–Trinajstić information content (AvgIpc) is 3.20. The minimum atomic E-state index is -3.01. The quantitative estimate of drug-likeness (QED) is 0.813. The van der Waals surface area contributed by atoms with Crippen molar-refractivity contribution >= 4 is 27.4 Å². The first-order chi connectivity index (χ1) is 12.5. The molecule has 1 unspecified atom stereocenters. The van der Waals surface area contributed by atoms with Crippen LogP contribution in [0.5, 0.6) is 11.5 Å². The highest BCUT2D eigenvalue weighted by molar-refractivity contribution is 7.91. The fraction of sp³-hybridized carbons (Fsp3) is 0.312. The van der Waals surface area contributed by atoms with Crippen molar-refractivity contribution in [2.24, 2.45) is 0 Å². The Morgan fingerprint density at radius 2 is 2.04 bits per heavy atom. The maximum Gasteiger partial charge on any atom is 0.274 e. The summed E-state index contributed by atoms with van der Waals surface area (Å²) in [5.41, 5.74) is 0.718. The lowest BCUT2D eigenvalue weighted by Crippen LogP contribution is -2.23. The highest BCUT2D eigenvalue weighted by Gasteiger charge is 2.28. The first-order valence-electron chi connectivity index (χ1n) is 7.99. The maximum absolute atomic E-state index is 12.4. The van der Waals surface area contributed by atoms with Gasteiger partial charge in [0.05, 0.1) is 11.5 Å². The number of nitrogens with zero attached hydrogens (tertiary/aromatic N) is 2. The van der Waals surface area contributed by atoms with Crippen molar-refractivity contribution in [2.75, 3.05) is 28.9 Å². The van der Waals surface area contributed by atoms with Gasteiger partial charge >= 0.3 is 0 Å². The maximum atomic E-state index is 12.4. The second-order valence-electron chi connectivity index (χ2n) is 6.03. The monoisotopic (exact) mass is 376 g/mol. The molecule has 0 radical (unpaired) electrons. The van der Waals surface area contributed by atoms with Crippen LogP contribution < -0.4 is 20.1 Å². The molecule has 2 aliphatic heterocycles. The lowest BCUT2D eigenvalue weighted by molar-refractivity contribution is 0.102. The smallest absolute Gasteiger partial charge is 0.274 e. The largest absolute Gasteiger partial charge is 0.454 e. The van der Waals surface area contributed by atoms with Crippen LogP contribution in [0.25, 0.3) is 0 Å². The van der Waals surface area contributed by atoms with Crippen LogP contribution >= 0.6 is 0 Å². The Kier molecular flexibility index (Phi) is 4.11. The van der Waals surface area contributed by atoms with Crippen LogP contribution in [0.4, 0.5) is 11.6 Å². The molecule has 1 aromatic heterocycles.